The summed E-state index contributed by atoms with van der Waals surface area (Å²) < 4.78 is 46.5. The van der Waals surface area contributed by atoms with Crippen molar-refractivity contribution in [1.29, 1.82) is 0 Å². The molecule has 0 amide bonds. The molecule has 0 aromatic carbocycles. The molecule has 0 unspecified atom stereocenters. The molecule has 0 aromatic rings. The van der Waals surface area contributed by atoms with Crippen LogP contribution in [0.25, 0.3) is 0 Å². The van der Waals surface area contributed by atoms with Crippen molar-refractivity contribution < 1.29 is 20.6 Å². The van der Waals surface area contributed by atoms with Crippen molar-refractivity contribution in [3.8, 4) is 0 Å². The number of hydrogen-bond acceptors (Lipinski definition) is 5. The number of hydrogen-bond donors (Lipinski definition) is 0. The zero-order valence-electron chi connectivity index (χ0n) is 71.1. The zero-order valence-corrected chi connectivity index (χ0v) is 76.1. The molecular weight excluding hydrogens is 1300 g/mol. The van der Waals surface area contributed by atoms with Crippen LogP contribution in [-0.4, -0.2) is 42.8 Å². The summed E-state index contributed by atoms with van der Waals surface area (Å²) in [6, 6.07) is 11.7. The molecule has 5 nitrogen and oxygen atoms in total. The predicted molar refractivity (Wildman–Crippen MR) is 462 cm³/mol. The lowest BCUT2D eigenvalue weighted by Crippen LogP contribution is -2.70. The van der Waals surface area contributed by atoms with E-state index >= 15 is 0 Å². The van der Waals surface area contributed by atoms with Gasteiger partial charge in [-0.2, -0.15) is 0 Å². The van der Waals surface area contributed by atoms with Gasteiger partial charge in [0.1, 0.15) is 0 Å². The van der Waals surface area contributed by atoms with Gasteiger partial charge < -0.3 is 20.6 Å². The van der Waals surface area contributed by atoms with E-state index in [0.29, 0.717) is 0 Å². The fourth-order valence-corrected chi connectivity index (χ4v) is 50.5. The predicted octanol–water partition coefficient (Wildman–Crippen LogP) is 34.8. The summed E-state index contributed by atoms with van der Waals surface area (Å²) in [4.78, 5) is 0. The van der Waals surface area contributed by atoms with Gasteiger partial charge in [0.05, 0.1) is 0 Å². The van der Waals surface area contributed by atoms with Crippen LogP contribution in [0.1, 0.15) is 519 Å². The minimum absolute atomic E-state index is 1.17. The summed E-state index contributed by atoms with van der Waals surface area (Å²) >= 11 is 0. The van der Waals surface area contributed by atoms with Gasteiger partial charge in [-0.05, 0) is 60.4 Å². The van der Waals surface area contributed by atoms with E-state index < -0.39 is 42.8 Å². The standard InChI is InChI=1S/C90H190O5Si5/c1-11-21-31-41-51-61-71-81-96(82-72-62-52-42-32-22-12-2)91-97(83-73-63-53-43-33-23-13-3,84-74-64-54-44-34-24-14-4)93-99(87-77-67-57-47-37-27-17-7,88-78-68-58-48-38-28-18-8)95-100(89-79-69-59-49-39-29-19-9,90-80-70-60-50-40-30-20-10)94-98(92-96,85-75-65-55-45-35-25-15-5)86-76-66-56-46-36-26-16-6/h11-90H2,1-10H3. The highest BCUT2D eigenvalue weighted by Gasteiger charge is 2.62. The third kappa shape index (κ3) is 55.3. The largest absolute Gasteiger partial charge is 0.415 e. The zero-order chi connectivity index (χ0) is 72.6. The Morgan fingerprint density at radius 1 is 0.100 bits per heavy atom. The average molecular weight is 1490 g/mol. The highest BCUT2D eigenvalue weighted by molar-refractivity contribution is 6.95. The molecule has 0 spiro atoms. The van der Waals surface area contributed by atoms with Crippen molar-refractivity contribution in [1.82, 2.24) is 0 Å². The smallest absolute Gasteiger partial charge is 0.320 e. The van der Waals surface area contributed by atoms with Gasteiger partial charge in [0.25, 0.3) is 0 Å². The van der Waals surface area contributed by atoms with Crippen molar-refractivity contribution in [2.75, 3.05) is 0 Å². The highest BCUT2D eigenvalue weighted by atomic mass is 28.5. The van der Waals surface area contributed by atoms with Crippen LogP contribution in [0.3, 0.4) is 0 Å². The van der Waals surface area contributed by atoms with Gasteiger partial charge in [0.15, 0.2) is 0 Å². The van der Waals surface area contributed by atoms with Crippen LogP contribution < -0.4 is 0 Å². The van der Waals surface area contributed by atoms with Crippen molar-refractivity contribution in [2.24, 2.45) is 0 Å². The molecule has 0 atom stereocenters. The van der Waals surface area contributed by atoms with Gasteiger partial charge >= 0.3 is 42.8 Å². The van der Waals surface area contributed by atoms with E-state index in [-0.39, 0.29) is 0 Å². The van der Waals surface area contributed by atoms with Crippen LogP contribution in [0.15, 0.2) is 0 Å². The van der Waals surface area contributed by atoms with Crippen LogP contribution in [0, 0.1) is 0 Å². The molecule has 1 rings (SSSR count). The molecule has 1 saturated heterocycles. The summed E-state index contributed by atoms with van der Waals surface area (Å²) in [5.41, 5.74) is 0. The lowest BCUT2D eigenvalue weighted by molar-refractivity contribution is 0.202. The van der Waals surface area contributed by atoms with Crippen LogP contribution in [0.2, 0.25) is 60.4 Å². The molecule has 0 aliphatic carbocycles. The molecule has 1 aliphatic rings. The molecule has 0 N–H and O–H groups in total. The van der Waals surface area contributed by atoms with E-state index in [9.17, 15) is 20.6 Å². The van der Waals surface area contributed by atoms with Gasteiger partial charge in [-0.1, -0.05) is 519 Å². The Morgan fingerprint density at radius 3 is 0.250 bits per heavy atom. The first-order chi connectivity index (χ1) is 49.1. The van der Waals surface area contributed by atoms with Gasteiger partial charge in [0.2, 0.25) is 0 Å². The third-order valence-corrected chi connectivity index (χ3v) is 49.5. The molecule has 1 heterocycles. The Balaban J connectivity index is 5.08. The molecule has 1 fully saturated rings. The number of rotatable bonds is 80. The second-order valence-corrected chi connectivity index (χ2v) is 52.0. The van der Waals surface area contributed by atoms with Gasteiger partial charge in [-0.3, -0.25) is 0 Å². The summed E-state index contributed by atoms with van der Waals surface area (Å²) in [5, 5.41) is 0. The van der Waals surface area contributed by atoms with Crippen LogP contribution >= 0.6 is 0 Å². The van der Waals surface area contributed by atoms with Crippen molar-refractivity contribution in [2.45, 2.75) is 579 Å². The van der Waals surface area contributed by atoms with E-state index in [1.165, 1.54) is 510 Å². The Hall–Kier alpha value is 0.884. The van der Waals surface area contributed by atoms with E-state index in [4.69, 9.17) is 0 Å². The Kier molecular flexibility index (Phi) is 71.9. The summed E-state index contributed by atoms with van der Waals surface area (Å²) in [6.07, 6.45) is 94.2. The van der Waals surface area contributed by atoms with Crippen molar-refractivity contribution >= 4 is 42.8 Å². The lowest BCUT2D eigenvalue weighted by atomic mass is 10.1. The van der Waals surface area contributed by atoms with Crippen molar-refractivity contribution in [3.05, 3.63) is 0 Å². The molecule has 0 bridgehead atoms. The SMILES string of the molecule is CCCCCCCCC[Si]1(CCCCCCCCC)O[Si](CCCCCCCCC)(CCCCCCCCC)O[Si](CCCCCCCCC)(CCCCCCCCC)O[Si](CCCCCCCCC)(CCCCCCCCC)O[Si](CCCCCCCCC)(CCCCCCCCC)O1. The molecule has 10 heteroatoms. The summed E-state index contributed by atoms with van der Waals surface area (Å²) in [6.45, 7) is 24.0. The quantitative estimate of drug-likeness (QED) is 0.0449. The van der Waals surface area contributed by atoms with Gasteiger partial charge in [0, 0.05) is 0 Å². The second kappa shape index (κ2) is 72.7. The fourth-order valence-electron chi connectivity index (χ4n) is 17.0. The molecule has 600 valence electrons. The van der Waals surface area contributed by atoms with Crippen LogP contribution in [0.4, 0.5) is 0 Å². The van der Waals surface area contributed by atoms with Crippen molar-refractivity contribution in [3.63, 3.8) is 0 Å². The molecule has 1 aliphatic heterocycles. The van der Waals surface area contributed by atoms with E-state index in [0.717, 1.165) is 0 Å². The molecule has 100 heavy (non-hydrogen) atoms. The maximum absolute atomic E-state index is 9.30. The van der Waals surface area contributed by atoms with E-state index in [1.54, 1.807) is 0 Å². The second-order valence-electron chi connectivity index (χ2n) is 33.8. The van der Waals surface area contributed by atoms with E-state index in [2.05, 4.69) is 69.2 Å². The first-order valence-corrected chi connectivity index (χ1v) is 58.8. The Bertz CT molecular complexity index is 1240. The Labute approximate surface area is 638 Å². The Morgan fingerprint density at radius 2 is 0.170 bits per heavy atom. The maximum Gasteiger partial charge on any atom is 0.320 e. The average Bonchev–Trinajstić information content (AvgIpc) is 0.748. The van der Waals surface area contributed by atoms with Crippen LogP contribution in [-0.2, 0) is 20.6 Å². The summed E-state index contributed by atoms with van der Waals surface area (Å²) in [5.74, 6) is 0. The minimum Gasteiger partial charge on any atom is -0.415 e. The van der Waals surface area contributed by atoms with Gasteiger partial charge in [-0.25, -0.2) is 0 Å². The third-order valence-electron chi connectivity index (χ3n) is 23.5. The monoisotopic (exact) mass is 1490 g/mol. The summed E-state index contributed by atoms with van der Waals surface area (Å²) in [7, 11) is -15.4. The van der Waals surface area contributed by atoms with Crippen LogP contribution in [0.5, 0.6) is 0 Å². The molecule has 0 saturated carbocycles. The van der Waals surface area contributed by atoms with Gasteiger partial charge in [-0.15, -0.1) is 0 Å². The minimum atomic E-state index is -3.08. The molecular formula is C90H190O5Si5. The molecule has 0 aromatic heterocycles. The first kappa shape index (κ1) is 98.9. The lowest BCUT2D eigenvalue weighted by Gasteiger charge is -2.54. The first-order valence-electron chi connectivity index (χ1n) is 47.6. The molecule has 0 radical (unpaired) electrons. The topological polar surface area (TPSA) is 46.2 Å². The maximum atomic E-state index is 9.30. The van der Waals surface area contributed by atoms with E-state index in [1.807, 2.05) is 0 Å². The fraction of sp³-hybridized carbons (Fsp3) is 1.00. The highest BCUT2D eigenvalue weighted by Crippen LogP contribution is 2.48. The normalized spacial score (nSPS) is 15.9. The number of unbranched alkanes of at least 4 members (excludes halogenated alkanes) is 60.